The van der Waals surface area contributed by atoms with Crippen molar-refractivity contribution >= 4 is 35.5 Å². The van der Waals surface area contributed by atoms with Gasteiger partial charge in [0.25, 0.3) is 11.8 Å². The van der Waals surface area contributed by atoms with Gasteiger partial charge in [0, 0.05) is 0 Å². The second kappa shape index (κ2) is 10.2. The van der Waals surface area contributed by atoms with Crippen LogP contribution in [0.25, 0.3) is 6.08 Å². The molecule has 0 aliphatic carbocycles. The largest absolute Gasteiger partial charge is 0.490 e. The van der Waals surface area contributed by atoms with Gasteiger partial charge in [0.05, 0.1) is 11.6 Å². The van der Waals surface area contributed by atoms with Gasteiger partial charge in [-0.2, -0.15) is 0 Å². The van der Waals surface area contributed by atoms with E-state index in [4.69, 9.17) is 25.8 Å². The number of halogens is 1. The van der Waals surface area contributed by atoms with Crippen LogP contribution in [0.1, 0.15) is 23.6 Å². The summed E-state index contributed by atoms with van der Waals surface area (Å²) in [5.74, 6) is -0.123. The van der Waals surface area contributed by atoms with Crippen LogP contribution in [0.5, 0.6) is 17.2 Å². The van der Waals surface area contributed by atoms with Crippen LogP contribution in [-0.2, 0) is 9.59 Å². The van der Waals surface area contributed by atoms with Crippen molar-refractivity contribution < 1.29 is 28.6 Å². The maximum absolute atomic E-state index is 12.0. The third-order valence-electron chi connectivity index (χ3n) is 4.52. The lowest BCUT2D eigenvalue weighted by Crippen LogP contribution is -2.51. The minimum absolute atomic E-state index is 0.223. The lowest BCUT2D eigenvalue weighted by molar-refractivity contribution is -0.123. The van der Waals surface area contributed by atoms with E-state index in [1.807, 2.05) is 42.7 Å². The van der Waals surface area contributed by atoms with Gasteiger partial charge in [-0.05, 0) is 61.7 Å². The fourth-order valence-electron chi connectivity index (χ4n) is 3.01. The van der Waals surface area contributed by atoms with Crippen molar-refractivity contribution in [3.63, 3.8) is 0 Å². The quantitative estimate of drug-likeness (QED) is 0.356. The Kier molecular flexibility index (Phi) is 7.37. The Labute approximate surface area is 190 Å². The zero-order valence-electron chi connectivity index (χ0n) is 17.9. The topological polar surface area (TPSA) is 103 Å². The predicted molar refractivity (Wildman–Crippen MR) is 119 cm³/mol. The van der Waals surface area contributed by atoms with Gasteiger partial charge in [-0.25, -0.2) is 4.79 Å². The highest BCUT2D eigenvalue weighted by atomic mass is 35.5. The number of aryl methyl sites for hydroxylation is 2. The van der Waals surface area contributed by atoms with Gasteiger partial charge in [-0.15, -0.1) is 0 Å². The van der Waals surface area contributed by atoms with Gasteiger partial charge in [-0.3, -0.25) is 20.2 Å². The number of benzene rings is 2. The summed E-state index contributed by atoms with van der Waals surface area (Å²) in [5, 5.41) is 4.28. The maximum atomic E-state index is 12.0. The number of barbiturate groups is 1. The Bertz CT molecular complexity index is 1070. The van der Waals surface area contributed by atoms with Gasteiger partial charge in [0.2, 0.25) is 0 Å². The van der Waals surface area contributed by atoms with Crippen molar-refractivity contribution in [2.24, 2.45) is 0 Å². The summed E-state index contributed by atoms with van der Waals surface area (Å²) < 4.78 is 17.2. The summed E-state index contributed by atoms with van der Waals surface area (Å²) in [7, 11) is 0. The number of imide groups is 2. The van der Waals surface area contributed by atoms with Crippen molar-refractivity contribution in [3.05, 3.63) is 57.6 Å². The summed E-state index contributed by atoms with van der Waals surface area (Å²) in [6.07, 6.45) is 1.32. The standard InChI is InChI=1S/C23H23ClN2O6/c1-4-30-19-12-15(10-16-21(27)25-23(29)26-22(16)28)11-17(24)20(19)32-8-7-31-18-9-13(2)5-6-14(18)3/h5-6,9-12H,4,7-8H2,1-3H3,(H2,25,26,27,28,29). The van der Waals surface area contributed by atoms with Crippen molar-refractivity contribution in [3.8, 4) is 17.2 Å². The molecule has 0 radical (unpaired) electrons. The monoisotopic (exact) mass is 458 g/mol. The molecule has 0 aromatic heterocycles. The van der Waals surface area contributed by atoms with E-state index in [9.17, 15) is 14.4 Å². The van der Waals surface area contributed by atoms with Gasteiger partial charge in [-0.1, -0.05) is 23.7 Å². The third kappa shape index (κ3) is 5.59. The molecule has 4 amide bonds. The van der Waals surface area contributed by atoms with E-state index in [2.05, 4.69) is 0 Å². The van der Waals surface area contributed by atoms with E-state index in [1.165, 1.54) is 12.1 Å². The van der Waals surface area contributed by atoms with Crippen molar-refractivity contribution in [1.29, 1.82) is 0 Å². The average Bonchev–Trinajstić information content (AvgIpc) is 2.72. The number of amides is 4. The summed E-state index contributed by atoms with van der Waals surface area (Å²) in [5.41, 5.74) is 2.34. The van der Waals surface area contributed by atoms with Crippen LogP contribution in [0.4, 0.5) is 4.79 Å². The lowest BCUT2D eigenvalue weighted by atomic mass is 10.1. The highest BCUT2D eigenvalue weighted by Gasteiger charge is 2.28. The summed E-state index contributed by atoms with van der Waals surface area (Å²) in [6, 6.07) is 8.24. The van der Waals surface area contributed by atoms with E-state index < -0.39 is 17.8 Å². The molecule has 1 aliphatic heterocycles. The molecule has 3 rings (SSSR count). The Morgan fingerprint density at radius 2 is 1.59 bits per heavy atom. The molecule has 0 unspecified atom stereocenters. The summed E-state index contributed by atoms with van der Waals surface area (Å²) in [6.45, 7) is 6.63. The molecule has 2 aromatic rings. The van der Waals surface area contributed by atoms with Crippen LogP contribution in [-0.4, -0.2) is 37.7 Å². The van der Waals surface area contributed by atoms with Crippen molar-refractivity contribution in [1.82, 2.24) is 10.6 Å². The van der Waals surface area contributed by atoms with E-state index >= 15 is 0 Å². The number of hydrogen-bond donors (Lipinski definition) is 2. The Morgan fingerprint density at radius 1 is 0.906 bits per heavy atom. The fourth-order valence-corrected chi connectivity index (χ4v) is 3.28. The smallest absolute Gasteiger partial charge is 0.328 e. The number of urea groups is 1. The van der Waals surface area contributed by atoms with Crippen LogP contribution in [0.15, 0.2) is 35.9 Å². The molecule has 0 spiro atoms. The first-order valence-electron chi connectivity index (χ1n) is 9.96. The molecule has 2 aromatic carbocycles. The predicted octanol–water partition coefficient (Wildman–Crippen LogP) is 3.56. The molecule has 32 heavy (non-hydrogen) atoms. The Morgan fingerprint density at radius 3 is 2.28 bits per heavy atom. The molecule has 1 saturated heterocycles. The first kappa shape index (κ1) is 23.1. The molecule has 9 heteroatoms. The first-order chi connectivity index (χ1) is 15.3. The summed E-state index contributed by atoms with van der Waals surface area (Å²) in [4.78, 5) is 35.1. The van der Waals surface area contributed by atoms with E-state index in [0.717, 1.165) is 16.9 Å². The molecular weight excluding hydrogens is 436 g/mol. The second-order valence-electron chi connectivity index (χ2n) is 7.02. The molecule has 1 fully saturated rings. The number of carbonyl (C=O) groups is 3. The Balaban J connectivity index is 1.75. The fraction of sp³-hybridized carbons (Fsp3) is 0.261. The number of carbonyl (C=O) groups excluding carboxylic acids is 3. The van der Waals surface area contributed by atoms with Crippen molar-refractivity contribution in [2.45, 2.75) is 20.8 Å². The number of hydrogen-bond acceptors (Lipinski definition) is 6. The first-order valence-corrected chi connectivity index (χ1v) is 10.3. The van der Waals surface area contributed by atoms with Crippen LogP contribution < -0.4 is 24.8 Å². The zero-order valence-corrected chi connectivity index (χ0v) is 18.7. The summed E-state index contributed by atoms with van der Waals surface area (Å²) >= 11 is 6.40. The second-order valence-corrected chi connectivity index (χ2v) is 7.43. The normalized spacial score (nSPS) is 13.4. The van der Waals surface area contributed by atoms with Crippen LogP contribution >= 0.6 is 11.6 Å². The van der Waals surface area contributed by atoms with Gasteiger partial charge >= 0.3 is 6.03 Å². The minimum atomic E-state index is -0.864. The van der Waals surface area contributed by atoms with E-state index in [0.29, 0.717) is 30.3 Å². The molecular formula is C23H23ClN2O6. The third-order valence-corrected chi connectivity index (χ3v) is 4.80. The molecule has 2 N–H and O–H groups in total. The van der Waals surface area contributed by atoms with Crippen LogP contribution in [0, 0.1) is 13.8 Å². The molecule has 0 atom stereocenters. The van der Waals surface area contributed by atoms with Gasteiger partial charge in [0.1, 0.15) is 24.5 Å². The van der Waals surface area contributed by atoms with Gasteiger partial charge < -0.3 is 14.2 Å². The van der Waals surface area contributed by atoms with Crippen LogP contribution in [0.3, 0.4) is 0 Å². The van der Waals surface area contributed by atoms with E-state index in [1.54, 1.807) is 13.0 Å². The number of ether oxygens (including phenoxy) is 3. The Hall–Kier alpha value is -3.52. The molecule has 0 saturated carbocycles. The minimum Gasteiger partial charge on any atom is -0.490 e. The molecule has 8 nitrogen and oxygen atoms in total. The highest BCUT2D eigenvalue weighted by molar-refractivity contribution is 6.33. The van der Waals surface area contributed by atoms with Crippen LogP contribution in [0.2, 0.25) is 5.02 Å². The molecule has 168 valence electrons. The average molecular weight is 459 g/mol. The van der Waals surface area contributed by atoms with Crippen molar-refractivity contribution in [2.75, 3.05) is 19.8 Å². The van der Waals surface area contributed by atoms with Gasteiger partial charge in [0.15, 0.2) is 11.5 Å². The lowest BCUT2D eigenvalue weighted by Gasteiger charge is -2.16. The zero-order chi connectivity index (χ0) is 23.3. The van der Waals surface area contributed by atoms with E-state index in [-0.39, 0.29) is 17.2 Å². The molecule has 1 heterocycles. The molecule has 0 bridgehead atoms. The SMILES string of the molecule is CCOc1cc(C=C2C(=O)NC(=O)NC2=O)cc(Cl)c1OCCOc1cc(C)ccc1C. The molecule has 1 aliphatic rings. The maximum Gasteiger partial charge on any atom is 0.328 e. The number of rotatable bonds is 8. The number of nitrogens with one attached hydrogen (secondary N) is 2. The highest BCUT2D eigenvalue weighted by Crippen LogP contribution is 2.37.